The number of pyridine rings is 2. The number of hydrogen-bond acceptors (Lipinski definition) is 8. The topological polar surface area (TPSA) is 123 Å². The van der Waals surface area contributed by atoms with Crippen LogP contribution in [0.2, 0.25) is 0 Å². The Morgan fingerprint density at radius 3 is 2.21 bits per heavy atom. The second kappa shape index (κ2) is 11.8. The fraction of sp³-hybridized carbons (Fsp3) is 0.321. The second-order valence-electron chi connectivity index (χ2n) is 8.26. The molecule has 0 N–H and O–H groups in total. The maximum absolute atomic E-state index is 13.5. The van der Waals surface area contributed by atoms with Gasteiger partial charge in [0.25, 0.3) is 11.5 Å². The fourth-order valence-corrected chi connectivity index (χ4v) is 4.13. The molecule has 0 fully saturated rings. The van der Waals surface area contributed by atoms with Crippen LogP contribution in [0.4, 0.5) is 0 Å². The van der Waals surface area contributed by atoms with Gasteiger partial charge in [-0.2, -0.15) is 4.99 Å². The van der Waals surface area contributed by atoms with E-state index in [0.29, 0.717) is 42.7 Å². The van der Waals surface area contributed by atoms with Gasteiger partial charge in [0.05, 0.1) is 31.8 Å². The Hall–Kier alpha value is -4.67. The maximum atomic E-state index is 13.5. The van der Waals surface area contributed by atoms with Gasteiger partial charge < -0.3 is 23.5 Å². The van der Waals surface area contributed by atoms with Gasteiger partial charge in [0.1, 0.15) is 16.9 Å². The van der Waals surface area contributed by atoms with E-state index < -0.39 is 11.9 Å². The molecule has 0 atom stereocenters. The molecule has 3 aromatic heterocycles. The molecular formula is C28H30N4O7. The molecule has 0 spiro atoms. The van der Waals surface area contributed by atoms with Crippen LogP contribution in [-0.4, -0.2) is 52.3 Å². The molecule has 4 rings (SSSR count). The molecule has 0 saturated heterocycles. The molecule has 0 aliphatic carbocycles. The number of ether oxygens (including phenoxy) is 4. The number of rotatable bonds is 9. The molecule has 0 saturated carbocycles. The predicted molar refractivity (Wildman–Crippen MR) is 144 cm³/mol. The average molecular weight is 535 g/mol. The molecular weight excluding hydrogens is 504 g/mol. The van der Waals surface area contributed by atoms with Crippen molar-refractivity contribution in [3.63, 3.8) is 0 Å². The smallest absolute Gasteiger partial charge is 0.341 e. The van der Waals surface area contributed by atoms with Gasteiger partial charge in [-0.25, -0.2) is 9.78 Å². The van der Waals surface area contributed by atoms with Gasteiger partial charge in [-0.15, -0.1) is 0 Å². The summed E-state index contributed by atoms with van der Waals surface area (Å²) in [5.41, 5.74) is 0.387. The Balaban J connectivity index is 1.99. The molecule has 3 heterocycles. The van der Waals surface area contributed by atoms with Crippen molar-refractivity contribution < 1.29 is 28.5 Å². The first kappa shape index (κ1) is 27.4. The van der Waals surface area contributed by atoms with Gasteiger partial charge in [0.2, 0.25) is 5.75 Å². The van der Waals surface area contributed by atoms with Crippen molar-refractivity contribution in [2.75, 3.05) is 26.4 Å². The van der Waals surface area contributed by atoms with Gasteiger partial charge >= 0.3 is 5.97 Å². The Labute approximate surface area is 224 Å². The van der Waals surface area contributed by atoms with E-state index in [1.54, 1.807) is 38.4 Å². The molecule has 0 bridgehead atoms. The van der Waals surface area contributed by atoms with Crippen LogP contribution in [0, 0.1) is 0 Å². The van der Waals surface area contributed by atoms with E-state index in [2.05, 4.69) is 9.98 Å². The van der Waals surface area contributed by atoms with Gasteiger partial charge in [0.15, 0.2) is 17.0 Å². The quantitative estimate of drug-likeness (QED) is 0.237. The van der Waals surface area contributed by atoms with Crippen LogP contribution < -0.4 is 25.3 Å². The monoisotopic (exact) mass is 534 g/mol. The molecule has 204 valence electrons. The number of benzene rings is 1. The number of esters is 1. The lowest BCUT2D eigenvalue weighted by Gasteiger charge is -2.16. The number of aromatic nitrogens is 3. The standard InChI is InChI=1S/C28H30N4O7/c1-6-36-20-14-17(15-21(37-7-2)23(20)38-8-3)26(33)30-25-19(28(35)39-9-4)16-18-24(31(25)5)29-22-12-10-11-13-32(22)27(18)34/h10-16H,6-9H2,1-5H3. The third-order valence-corrected chi connectivity index (χ3v) is 5.77. The van der Waals surface area contributed by atoms with Crippen molar-refractivity contribution in [2.45, 2.75) is 27.7 Å². The van der Waals surface area contributed by atoms with E-state index >= 15 is 0 Å². The summed E-state index contributed by atoms with van der Waals surface area (Å²) in [6.45, 7) is 8.26. The molecule has 1 aromatic carbocycles. The zero-order valence-electron chi connectivity index (χ0n) is 22.5. The van der Waals surface area contributed by atoms with E-state index in [0.717, 1.165) is 0 Å². The summed E-state index contributed by atoms with van der Waals surface area (Å²) >= 11 is 0. The number of nitrogens with zero attached hydrogens (tertiary/aromatic N) is 4. The minimum Gasteiger partial charge on any atom is -0.490 e. The molecule has 0 radical (unpaired) electrons. The first-order valence-electron chi connectivity index (χ1n) is 12.7. The number of carbonyl (C=O) groups excluding carboxylic acids is 2. The summed E-state index contributed by atoms with van der Waals surface area (Å²) in [7, 11) is 1.58. The third kappa shape index (κ3) is 5.33. The molecule has 11 nitrogen and oxygen atoms in total. The first-order chi connectivity index (χ1) is 18.8. The Morgan fingerprint density at radius 1 is 0.923 bits per heavy atom. The summed E-state index contributed by atoms with van der Waals surface area (Å²) in [6, 6.07) is 9.56. The molecule has 39 heavy (non-hydrogen) atoms. The Kier molecular flexibility index (Phi) is 8.28. The molecule has 0 unspecified atom stereocenters. The average Bonchev–Trinajstić information content (AvgIpc) is 2.92. The number of hydrogen-bond donors (Lipinski definition) is 0. The highest BCUT2D eigenvalue weighted by molar-refractivity contribution is 5.98. The minimum atomic E-state index is -0.726. The van der Waals surface area contributed by atoms with Gasteiger partial charge in [0, 0.05) is 18.8 Å². The molecule has 11 heteroatoms. The Morgan fingerprint density at radius 2 is 1.59 bits per heavy atom. The largest absolute Gasteiger partial charge is 0.490 e. The highest BCUT2D eigenvalue weighted by atomic mass is 16.5. The van der Waals surface area contributed by atoms with Crippen molar-refractivity contribution in [3.05, 3.63) is 69.6 Å². The van der Waals surface area contributed by atoms with E-state index in [1.165, 1.54) is 27.2 Å². The van der Waals surface area contributed by atoms with Crippen molar-refractivity contribution in [1.82, 2.24) is 14.0 Å². The SMILES string of the molecule is CCOC(=O)c1cc2c(=O)n3ccccc3nc2n(C)c1=NC(=O)c1cc(OCC)c(OCC)c(OCC)c1. The van der Waals surface area contributed by atoms with Crippen LogP contribution in [0.15, 0.2) is 52.4 Å². The van der Waals surface area contributed by atoms with Crippen LogP contribution in [0.1, 0.15) is 48.4 Å². The fourth-order valence-electron chi connectivity index (χ4n) is 4.13. The van der Waals surface area contributed by atoms with Gasteiger partial charge in [-0.05, 0) is 58.0 Å². The van der Waals surface area contributed by atoms with E-state index in [4.69, 9.17) is 18.9 Å². The number of amides is 1. The lowest BCUT2D eigenvalue weighted by Crippen LogP contribution is -2.31. The van der Waals surface area contributed by atoms with Crippen LogP contribution in [0.3, 0.4) is 0 Å². The summed E-state index contributed by atoms with van der Waals surface area (Å²) in [5, 5.41) is 0.175. The van der Waals surface area contributed by atoms with Crippen LogP contribution in [0.5, 0.6) is 17.2 Å². The Bertz CT molecular complexity index is 1660. The van der Waals surface area contributed by atoms with E-state index in [-0.39, 0.29) is 39.8 Å². The number of aryl methyl sites for hydroxylation is 1. The molecule has 1 amide bonds. The minimum absolute atomic E-state index is 0.0112. The molecule has 4 aromatic rings. The van der Waals surface area contributed by atoms with Crippen LogP contribution in [0.25, 0.3) is 16.7 Å². The van der Waals surface area contributed by atoms with E-state index in [1.807, 2.05) is 20.8 Å². The summed E-state index contributed by atoms with van der Waals surface area (Å²) < 4.78 is 25.2. The number of carbonyl (C=O) groups is 2. The molecule has 0 aliphatic rings. The maximum Gasteiger partial charge on any atom is 0.341 e. The zero-order chi connectivity index (χ0) is 28.1. The highest BCUT2D eigenvalue weighted by Crippen LogP contribution is 2.39. The lowest BCUT2D eigenvalue weighted by atomic mass is 10.1. The van der Waals surface area contributed by atoms with Gasteiger partial charge in [-0.1, -0.05) is 6.07 Å². The first-order valence-corrected chi connectivity index (χ1v) is 12.7. The van der Waals surface area contributed by atoms with Crippen molar-refractivity contribution >= 4 is 28.6 Å². The normalized spacial score (nSPS) is 11.6. The summed E-state index contributed by atoms with van der Waals surface area (Å²) in [4.78, 5) is 48.6. The van der Waals surface area contributed by atoms with Crippen LogP contribution >= 0.6 is 0 Å². The van der Waals surface area contributed by atoms with Gasteiger partial charge in [-0.3, -0.25) is 14.0 Å². The molecule has 0 aliphatic heterocycles. The number of fused-ring (bicyclic) bond motifs is 2. The van der Waals surface area contributed by atoms with Crippen molar-refractivity contribution in [1.29, 1.82) is 0 Å². The predicted octanol–water partition coefficient (Wildman–Crippen LogP) is 3.30. The van der Waals surface area contributed by atoms with Crippen molar-refractivity contribution in [2.24, 2.45) is 12.0 Å². The zero-order valence-corrected chi connectivity index (χ0v) is 22.5. The third-order valence-electron chi connectivity index (χ3n) is 5.77. The lowest BCUT2D eigenvalue weighted by molar-refractivity contribution is 0.0523. The second-order valence-corrected chi connectivity index (χ2v) is 8.26. The highest BCUT2D eigenvalue weighted by Gasteiger charge is 2.21. The summed E-state index contributed by atoms with van der Waals surface area (Å²) in [6.07, 6.45) is 1.59. The van der Waals surface area contributed by atoms with E-state index in [9.17, 15) is 14.4 Å². The van der Waals surface area contributed by atoms with Crippen molar-refractivity contribution in [3.8, 4) is 17.2 Å². The summed E-state index contributed by atoms with van der Waals surface area (Å²) in [5.74, 6) is -0.344. The van der Waals surface area contributed by atoms with Crippen LogP contribution in [-0.2, 0) is 11.8 Å².